The van der Waals surface area contributed by atoms with Crippen LogP contribution in [-0.2, 0) is 39.1 Å². The molecule has 1 aromatic heterocycles. The molecule has 1 aromatic carbocycles. The normalized spacial score (nSPS) is 27.4. The van der Waals surface area contributed by atoms with Crippen LogP contribution in [0.3, 0.4) is 0 Å². The third-order valence-corrected chi connectivity index (χ3v) is 6.74. The molecule has 5 atom stereocenters. The van der Waals surface area contributed by atoms with Gasteiger partial charge in [0.1, 0.15) is 18.8 Å². The van der Waals surface area contributed by atoms with Crippen LogP contribution in [0.5, 0.6) is 0 Å². The summed E-state index contributed by atoms with van der Waals surface area (Å²) in [6, 6.07) is 7.53. The fraction of sp³-hybridized carbons (Fsp3) is 0.375. The van der Waals surface area contributed by atoms with E-state index < -0.39 is 66.5 Å². The lowest BCUT2D eigenvalue weighted by molar-refractivity contribution is -0.336. The fourth-order valence-corrected chi connectivity index (χ4v) is 5.23. The van der Waals surface area contributed by atoms with Gasteiger partial charge in [-0.15, -0.1) is 11.3 Å². The number of aliphatic hydroxyl groups is 1. The summed E-state index contributed by atoms with van der Waals surface area (Å²) in [4.78, 5) is 63.6. The van der Waals surface area contributed by atoms with E-state index in [2.05, 4.69) is 0 Å². The molecule has 2 amide bonds. The number of fused-ring (bicyclic) bond motifs is 1. The third-order valence-electron chi connectivity index (χ3n) is 5.77. The summed E-state index contributed by atoms with van der Waals surface area (Å²) < 4.78 is 22.0. The minimum atomic E-state index is -2.41. The lowest BCUT2D eigenvalue weighted by Crippen LogP contribution is -2.71. The third kappa shape index (κ3) is 4.50. The molecule has 0 saturated carbocycles. The molecule has 3 heterocycles. The van der Waals surface area contributed by atoms with E-state index in [1.807, 2.05) is 0 Å². The Balaban J connectivity index is 1.90. The Kier molecular flexibility index (Phi) is 6.94. The van der Waals surface area contributed by atoms with Crippen molar-refractivity contribution >= 4 is 41.1 Å². The quantitative estimate of drug-likeness (QED) is 0.339. The first kappa shape index (κ1) is 25.5. The SMILES string of the molecule is CC(=O)OC[C@H]1O[C@](O)(c2cccs2)[C@H](N2C(=O)c3ccccc3C2=O)[C@@H](OC(C)=O)[C@@H]1OC(C)=O. The van der Waals surface area contributed by atoms with Crippen molar-refractivity contribution < 1.29 is 48.0 Å². The van der Waals surface area contributed by atoms with Crippen LogP contribution in [0.15, 0.2) is 41.8 Å². The van der Waals surface area contributed by atoms with E-state index in [1.54, 1.807) is 23.6 Å². The van der Waals surface area contributed by atoms with Crippen molar-refractivity contribution in [2.75, 3.05) is 6.61 Å². The van der Waals surface area contributed by atoms with Gasteiger partial charge in [-0.25, -0.2) is 0 Å². The summed E-state index contributed by atoms with van der Waals surface area (Å²) in [6.07, 6.45) is -4.34. The van der Waals surface area contributed by atoms with E-state index in [9.17, 15) is 29.1 Å². The lowest BCUT2D eigenvalue weighted by atomic mass is 9.87. The summed E-state index contributed by atoms with van der Waals surface area (Å²) in [5, 5.41) is 13.6. The van der Waals surface area contributed by atoms with Crippen LogP contribution < -0.4 is 0 Å². The molecule has 12 heteroatoms. The van der Waals surface area contributed by atoms with E-state index in [0.29, 0.717) is 0 Å². The molecule has 36 heavy (non-hydrogen) atoms. The van der Waals surface area contributed by atoms with Gasteiger partial charge in [0.15, 0.2) is 12.2 Å². The summed E-state index contributed by atoms with van der Waals surface area (Å²) in [5.41, 5.74) is 0.173. The maximum Gasteiger partial charge on any atom is 0.303 e. The van der Waals surface area contributed by atoms with Gasteiger partial charge in [0.2, 0.25) is 5.79 Å². The molecule has 0 spiro atoms. The van der Waals surface area contributed by atoms with Crippen molar-refractivity contribution in [3.63, 3.8) is 0 Å². The number of hydrogen-bond donors (Lipinski definition) is 1. The summed E-state index contributed by atoms with van der Waals surface area (Å²) >= 11 is 1.06. The minimum Gasteiger partial charge on any atom is -0.463 e. The zero-order valence-electron chi connectivity index (χ0n) is 19.5. The smallest absolute Gasteiger partial charge is 0.303 e. The predicted octanol–water partition coefficient (Wildman–Crippen LogP) is 1.38. The molecular weight excluding hydrogens is 494 g/mol. The van der Waals surface area contributed by atoms with Crippen LogP contribution in [0.4, 0.5) is 0 Å². The first-order valence-electron chi connectivity index (χ1n) is 10.9. The molecule has 2 aliphatic heterocycles. The van der Waals surface area contributed by atoms with E-state index in [0.717, 1.165) is 37.0 Å². The minimum absolute atomic E-state index is 0.0867. The second kappa shape index (κ2) is 9.80. The van der Waals surface area contributed by atoms with E-state index in [1.165, 1.54) is 18.2 Å². The van der Waals surface area contributed by atoms with Crippen molar-refractivity contribution in [1.29, 1.82) is 0 Å². The molecular formula is C24H23NO10S. The van der Waals surface area contributed by atoms with E-state index in [-0.39, 0.29) is 16.0 Å². The predicted molar refractivity (Wildman–Crippen MR) is 122 cm³/mol. The fourth-order valence-electron chi connectivity index (χ4n) is 4.44. The molecule has 4 rings (SSSR count). The standard InChI is InChI=1S/C24H23NO10S/c1-12(26)32-11-17-19(33-13(2)27)20(34-14(3)28)21(24(31,35-17)18-9-6-10-36-18)25-22(29)15-7-4-5-8-16(15)23(25)30/h4-10,17,19-21,31H,11H2,1-3H3/t17-,19-,20+,21-,24-/m1/s1. The summed E-state index contributed by atoms with van der Waals surface area (Å²) in [6.45, 7) is 2.86. The average Bonchev–Trinajstić information content (AvgIpc) is 3.43. The Morgan fingerprint density at radius 2 is 1.53 bits per heavy atom. The first-order valence-corrected chi connectivity index (χ1v) is 11.8. The van der Waals surface area contributed by atoms with Gasteiger partial charge >= 0.3 is 17.9 Å². The monoisotopic (exact) mass is 517 g/mol. The highest BCUT2D eigenvalue weighted by Crippen LogP contribution is 2.45. The van der Waals surface area contributed by atoms with Crippen molar-refractivity contribution in [3.05, 3.63) is 57.8 Å². The van der Waals surface area contributed by atoms with Crippen LogP contribution >= 0.6 is 11.3 Å². The maximum atomic E-state index is 13.4. The molecule has 0 radical (unpaired) electrons. The topological polar surface area (TPSA) is 146 Å². The van der Waals surface area contributed by atoms with Gasteiger partial charge in [-0.3, -0.25) is 28.9 Å². The van der Waals surface area contributed by atoms with Crippen LogP contribution in [0.25, 0.3) is 0 Å². The van der Waals surface area contributed by atoms with E-state index in [4.69, 9.17) is 18.9 Å². The molecule has 0 unspecified atom stereocenters. The van der Waals surface area contributed by atoms with Crippen LogP contribution in [0.2, 0.25) is 0 Å². The first-order chi connectivity index (χ1) is 17.0. The summed E-state index contributed by atoms with van der Waals surface area (Å²) in [7, 11) is 0. The highest BCUT2D eigenvalue weighted by Gasteiger charge is 2.64. The number of thiophene rings is 1. The molecule has 2 aliphatic rings. The Hall–Kier alpha value is -3.61. The summed E-state index contributed by atoms with van der Waals surface area (Å²) in [5.74, 6) is -6.22. The highest BCUT2D eigenvalue weighted by molar-refractivity contribution is 7.10. The largest absolute Gasteiger partial charge is 0.463 e. The van der Waals surface area contributed by atoms with Crippen molar-refractivity contribution in [3.8, 4) is 0 Å². The zero-order valence-corrected chi connectivity index (χ0v) is 20.4. The van der Waals surface area contributed by atoms with Crippen LogP contribution in [-0.4, -0.2) is 70.7 Å². The zero-order chi connectivity index (χ0) is 26.2. The molecule has 1 N–H and O–H groups in total. The van der Waals surface area contributed by atoms with Crippen LogP contribution in [0, 0.1) is 0 Å². The average molecular weight is 518 g/mol. The number of carbonyl (C=O) groups excluding carboxylic acids is 5. The Labute approximate surface area is 209 Å². The van der Waals surface area contributed by atoms with Gasteiger partial charge < -0.3 is 24.1 Å². The number of amides is 2. The lowest BCUT2D eigenvalue weighted by Gasteiger charge is -2.51. The Bertz CT molecular complexity index is 1180. The van der Waals surface area contributed by atoms with Gasteiger partial charge in [0, 0.05) is 20.8 Å². The number of hydrogen-bond acceptors (Lipinski definition) is 11. The molecule has 0 aliphatic carbocycles. The van der Waals surface area contributed by atoms with E-state index >= 15 is 0 Å². The van der Waals surface area contributed by atoms with Gasteiger partial charge in [-0.05, 0) is 23.6 Å². The maximum absolute atomic E-state index is 13.4. The number of ether oxygens (including phenoxy) is 4. The second-order valence-electron chi connectivity index (χ2n) is 8.25. The number of rotatable bonds is 6. The number of esters is 3. The van der Waals surface area contributed by atoms with Crippen LogP contribution in [0.1, 0.15) is 46.4 Å². The van der Waals surface area contributed by atoms with Crippen molar-refractivity contribution in [1.82, 2.24) is 4.90 Å². The van der Waals surface area contributed by atoms with Gasteiger partial charge in [0.05, 0.1) is 16.0 Å². The number of nitrogens with zero attached hydrogens (tertiary/aromatic N) is 1. The molecule has 190 valence electrons. The molecule has 2 aromatic rings. The Morgan fingerprint density at radius 1 is 0.944 bits per heavy atom. The van der Waals surface area contributed by atoms with Crippen molar-refractivity contribution in [2.24, 2.45) is 0 Å². The molecule has 1 saturated heterocycles. The molecule has 1 fully saturated rings. The second-order valence-corrected chi connectivity index (χ2v) is 9.20. The number of benzene rings is 1. The van der Waals surface area contributed by atoms with Gasteiger partial charge in [-0.1, -0.05) is 18.2 Å². The number of imide groups is 1. The van der Waals surface area contributed by atoms with Gasteiger partial charge in [-0.2, -0.15) is 0 Å². The van der Waals surface area contributed by atoms with Gasteiger partial charge in [0.25, 0.3) is 11.8 Å². The number of carbonyl (C=O) groups is 5. The molecule has 0 bridgehead atoms. The molecule has 11 nitrogen and oxygen atoms in total. The van der Waals surface area contributed by atoms with Crippen molar-refractivity contribution in [2.45, 2.75) is 50.9 Å². The highest BCUT2D eigenvalue weighted by atomic mass is 32.1. The Morgan fingerprint density at radius 3 is 2.03 bits per heavy atom.